The first-order valence-electron chi connectivity index (χ1n) is 6.36. The van der Waals surface area contributed by atoms with Gasteiger partial charge in [-0.3, -0.25) is 9.59 Å². The molecule has 0 fully saturated rings. The van der Waals surface area contributed by atoms with E-state index >= 15 is 0 Å². The van der Waals surface area contributed by atoms with E-state index in [2.05, 4.69) is 5.32 Å². The number of nitrogens with zero attached hydrogens (tertiary/aromatic N) is 1. The Balaban J connectivity index is 2.33. The first-order chi connectivity index (χ1) is 10.5. The molecular weight excluding hydrogens is 308 g/mol. The third-order valence-electron chi connectivity index (χ3n) is 3.09. The van der Waals surface area contributed by atoms with Crippen molar-refractivity contribution in [2.45, 2.75) is 0 Å². The first-order valence-corrected chi connectivity index (χ1v) is 6.73. The molecule has 2 rings (SSSR count). The van der Waals surface area contributed by atoms with Gasteiger partial charge in [-0.05, 0) is 12.1 Å². The van der Waals surface area contributed by atoms with Crippen molar-refractivity contribution in [3.8, 4) is 11.5 Å². The lowest BCUT2D eigenvalue weighted by Crippen LogP contribution is -2.20. The van der Waals surface area contributed by atoms with Crippen LogP contribution in [0.25, 0.3) is 0 Å². The summed E-state index contributed by atoms with van der Waals surface area (Å²) in [4.78, 5) is 23.8. The highest BCUT2D eigenvalue weighted by molar-refractivity contribution is 6.32. The van der Waals surface area contributed by atoms with E-state index in [4.69, 9.17) is 21.1 Å². The second-order valence-corrected chi connectivity index (χ2v) is 4.91. The Labute approximate surface area is 132 Å². The van der Waals surface area contributed by atoms with Crippen molar-refractivity contribution in [2.75, 3.05) is 19.5 Å². The summed E-state index contributed by atoms with van der Waals surface area (Å²) in [6, 6.07) is 5.90. The molecule has 0 bridgehead atoms. The molecule has 0 unspecified atom stereocenters. The van der Waals surface area contributed by atoms with Crippen molar-refractivity contribution in [3.05, 3.63) is 51.4 Å². The second kappa shape index (κ2) is 6.53. The Morgan fingerprint density at radius 2 is 1.86 bits per heavy atom. The fourth-order valence-corrected chi connectivity index (χ4v) is 2.08. The fourth-order valence-electron chi connectivity index (χ4n) is 1.84. The lowest BCUT2D eigenvalue weighted by Gasteiger charge is -2.13. The zero-order chi connectivity index (χ0) is 16.3. The minimum atomic E-state index is -0.433. The Bertz CT molecular complexity index is 771. The molecule has 1 N–H and O–H groups in total. The Kier molecular flexibility index (Phi) is 4.72. The number of hydrogen-bond donors (Lipinski definition) is 1. The van der Waals surface area contributed by atoms with E-state index in [1.165, 1.54) is 37.1 Å². The van der Waals surface area contributed by atoms with Crippen molar-refractivity contribution in [1.29, 1.82) is 0 Å². The molecule has 1 aromatic heterocycles. The van der Waals surface area contributed by atoms with Crippen LogP contribution in [0.1, 0.15) is 10.4 Å². The quantitative estimate of drug-likeness (QED) is 0.937. The van der Waals surface area contributed by atoms with Crippen LogP contribution < -0.4 is 20.3 Å². The lowest BCUT2D eigenvalue weighted by atomic mass is 10.2. The van der Waals surface area contributed by atoms with E-state index in [0.717, 1.165) is 0 Å². The van der Waals surface area contributed by atoms with Crippen LogP contribution >= 0.6 is 11.6 Å². The van der Waals surface area contributed by atoms with Crippen molar-refractivity contribution in [2.24, 2.45) is 7.05 Å². The summed E-state index contributed by atoms with van der Waals surface area (Å²) < 4.78 is 11.7. The SMILES string of the molecule is COc1cc(OC)c(NC(=O)c2ccn(C)c(=O)c2)cc1Cl. The number of methoxy groups -OCH3 is 2. The standard InChI is InChI=1S/C15H15ClN2O4/c1-18-5-4-9(6-14(18)19)15(20)17-11-7-10(16)12(21-2)8-13(11)22-3/h4-8H,1-3H3,(H,17,20). The Morgan fingerprint density at radius 1 is 1.18 bits per heavy atom. The number of benzene rings is 1. The molecule has 2 aromatic rings. The highest BCUT2D eigenvalue weighted by atomic mass is 35.5. The summed E-state index contributed by atoms with van der Waals surface area (Å²) in [6.45, 7) is 0. The molecule has 0 atom stereocenters. The van der Waals surface area contributed by atoms with Gasteiger partial charge in [0.15, 0.2) is 0 Å². The minimum Gasteiger partial charge on any atom is -0.495 e. The number of rotatable bonds is 4. The van der Waals surface area contributed by atoms with Crippen LogP contribution in [-0.4, -0.2) is 24.7 Å². The molecule has 0 aliphatic rings. The topological polar surface area (TPSA) is 69.6 Å². The van der Waals surface area contributed by atoms with Gasteiger partial charge in [0.2, 0.25) is 0 Å². The maximum Gasteiger partial charge on any atom is 0.256 e. The number of aromatic nitrogens is 1. The maximum atomic E-state index is 12.2. The van der Waals surface area contributed by atoms with Crippen LogP contribution in [0.2, 0.25) is 5.02 Å². The van der Waals surface area contributed by atoms with E-state index in [9.17, 15) is 9.59 Å². The molecule has 0 aliphatic heterocycles. The molecule has 116 valence electrons. The summed E-state index contributed by atoms with van der Waals surface area (Å²) in [6.07, 6.45) is 1.52. The van der Waals surface area contributed by atoms with E-state index in [0.29, 0.717) is 22.2 Å². The largest absolute Gasteiger partial charge is 0.495 e. The molecule has 0 saturated carbocycles. The molecule has 0 spiro atoms. The predicted octanol–water partition coefficient (Wildman–Crippen LogP) is 2.31. The van der Waals surface area contributed by atoms with Crippen molar-refractivity contribution in [1.82, 2.24) is 4.57 Å². The third kappa shape index (κ3) is 3.23. The van der Waals surface area contributed by atoms with Gasteiger partial charge in [0.1, 0.15) is 11.5 Å². The van der Waals surface area contributed by atoms with Gasteiger partial charge in [0.25, 0.3) is 11.5 Å². The van der Waals surface area contributed by atoms with Crippen LogP contribution in [0.15, 0.2) is 35.3 Å². The smallest absolute Gasteiger partial charge is 0.256 e. The van der Waals surface area contributed by atoms with Crippen molar-refractivity contribution >= 4 is 23.2 Å². The molecular formula is C15H15ClN2O4. The van der Waals surface area contributed by atoms with Gasteiger partial charge in [-0.15, -0.1) is 0 Å². The molecule has 0 saturated heterocycles. The molecule has 1 amide bonds. The van der Waals surface area contributed by atoms with E-state index in [1.54, 1.807) is 19.2 Å². The molecule has 1 heterocycles. The number of carbonyl (C=O) groups excluding carboxylic acids is 1. The van der Waals surface area contributed by atoms with Gasteiger partial charge >= 0.3 is 0 Å². The number of aryl methyl sites for hydroxylation is 1. The summed E-state index contributed by atoms with van der Waals surface area (Å²) in [5, 5.41) is 3.00. The van der Waals surface area contributed by atoms with Gasteiger partial charge in [0.05, 0.1) is 24.9 Å². The first kappa shape index (κ1) is 15.9. The van der Waals surface area contributed by atoms with Crippen LogP contribution in [0.5, 0.6) is 11.5 Å². The minimum absolute atomic E-state index is 0.247. The van der Waals surface area contributed by atoms with Gasteiger partial charge in [-0.1, -0.05) is 11.6 Å². The Hall–Kier alpha value is -2.47. The number of pyridine rings is 1. The second-order valence-electron chi connectivity index (χ2n) is 4.51. The van der Waals surface area contributed by atoms with Gasteiger partial charge in [-0.25, -0.2) is 0 Å². The number of halogens is 1. The van der Waals surface area contributed by atoms with E-state index < -0.39 is 5.91 Å². The van der Waals surface area contributed by atoms with Crippen molar-refractivity contribution < 1.29 is 14.3 Å². The van der Waals surface area contributed by atoms with Crippen molar-refractivity contribution in [3.63, 3.8) is 0 Å². The van der Waals surface area contributed by atoms with Gasteiger partial charge in [0, 0.05) is 30.9 Å². The number of hydrogen-bond acceptors (Lipinski definition) is 4. The number of amides is 1. The summed E-state index contributed by atoms with van der Waals surface area (Å²) in [7, 11) is 4.56. The molecule has 1 aromatic carbocycles. The zero-order valence-electron chi connectivity index (χ0n) is 12.3. The summed E-state index contributed by atoms with van der Waals surface area (Å²) in [5.41, 5.74) is 0.364. The van der Waals surface area contributed by atoms with Gasteiger partial charge < -0.3 is 19.4 Å². The normalized spacial score (nSPS) is 10.2. The van der Waals surface area contributed by atoms with E-state index in [1.807, 2.05) is 0 Å². The summed E-state index contributed by atoms with van der Waals surface area (Å²) >= 11 is 6.05. The predicted molar refractivity (Wildman–Crippen MR) is 84.2 cm³/mol. The highest BCUT2D eigenvalue weighted by Crippen LogP contribution is 2.36. The van der Waals surface area contributed by atoms with Crippen LogP contribution in [-0.2, 0) is 7.05 Å². The number of ether oxygens (including phenoxy) is 2. The highest BCUT2D eigenvalue weighted by Gasteiger charge is 2.14. The average molecular weight is 323 g/mol. The van der Waals surface area contributed by atoms with Crippen LogP contribution in [0.4, 0.5) is 5.69 Å². The number of nitrogens with one attached hydrogen (secondary N) is 1. The third-order valence-corrected chi connectivity index (χ3v) is 3.38. The Morgan fingerprint density at radius 3 is 2.45 bits per heavy atom. The van der Waals surface area contributed by atoms with Gasteiger partial charge in [-0.2, -0.15) is 0 Å². The molecule has 22 heavy (non-hydrogen) atoms. The molecule has 0 aliphatic carbocycles. The van der Waals surface area contributed by atoms with Crippen LogP contribution in [0, 0.1) is 0 Å². The van der Waals surface area contributed by atoms with E-state index in [-0.39, 0.29) is 11.1 Å². The van der Waals surface area contributed by atoms with Crippen LogP contribution in [0.3, 0.4) is 0 Å². The average Bonchev–Trinajstić information content (AvgIpc) is 2.50. The number of carbonyl (C=O) groups is 1. The summed E-state index contributed by atoms with van der Waals surface area (Å²) in [5.74, 6) is 0.403. The lowest BCUT2D eigenvalue weighted by molar-refractivity contribution is 0.102. The number of anilines is 1. The monoisotopic (exact) mass is 322 g/mol. The molecule has 0 radical (unpaired) electrons. The maximum absolute atomic E-state index is 12.2. The fraction of sp³-hybridized carbons (Fsp3) is 0.200. The molecule has 6 nitrogen and oxygen atoms in total. The molecule has 7 heteroatoms. The zero-order valence-corrected chi connectivity index (χ0v) is 13.1.